The summed E-state index contributed by atoms with van der Waals surface area (Å²) in [6.07, 6.45) is 0.787. The molecule has 4 rings (SSSR count). The highest BCUT2D eigenvalue weighted by atomic mass is 35.5. The van der Waals surface area contributed by atoms with E-state index in [2.05, 4.69) is 0 Å². The number of hydrogen-bond donors (Lipinski definition) is 0. The first-order valence-corrected chi connectivity index (χ1v) is 13.4. The number of hydrogen-bond acceptors (Lipinski definition) is 7. The van der Waals surface area contributed by atoms with Crippen molar-refractivity contribution in [1.29, 1.82) is 0 Å². The molecule has 2 aliphatic rings. The van der Waals surface area contributed by atoms with Crippen LogP contribution in [0.2, 0.25) is 5.02 Å². The fourth-order valence-corrected chi connectivity index (χ4v) is 5.58. The van der Waals surface area contributed by atoms with E-state index in [0.717, 1.165) is 11.3 Å². The predicted octanol–water partition coefficient (Wildman–Crippen LogP) is 6.12. The summed E-state index contributed by atoms with van der Waals surface area (Å²) in [7, 11) is 0. The number of esters is 1. The van der Waals surface area contributed by atoms with Crippen LogP contribution < -0.4 is 0 Å². The Kier molecular flexibility index (Phi) is 8.26. The second kappa shape index (κ2) is 11.4. The number of non-ortho nitro benzene ring substituents is 1. The lowest BCUT2D eigenvalue weighted by Crippen LogP contribution is -2.38. The highest BCUT2D eigenvalue weighted by Crippen LogP contribution is 2.47. The zero-order valence-corrected chi connectivity index (χ0v) is 21.7. The second-order valence-electron chi connectivity index (χ2n) is 8.87. The Bertz CT molecular complexity index is 1240. The number of rotatable bonds is 8. The SMILES string of the molecule is CCSCCOC(=O)C1C(C)=NC2=C(C(=O)CC(c3ccc(Cl)cc3)C2)C1c1cccc([N+](=O)[O-])c1. The first kappa shape index (κ1) is 26.1. The molecule has 1 aliphatic heterocycles. The van der Waals surface area contributed by atoms with Gasteiger partial charge in [-0.15, -0.1) is 0 Å². The van der Waals surface area contributed by atoms with Gasteiger partial charge in [0.15, 0.2) is 5.78 Å². The monoisotopic (exact) mass is 526 g/mol. The van der Waals surface area contributed by atoms with Crippen LogP contribution in [0, 0.1) is 16.0 Å². The van der Waals surface area contributed by atoms with Gasteiger partial charge in [-0.25, -0.2) is 0 Å². The molecule has 3 unspecified atom stereocenters. The Morgan fingerprint density at radius 3 is 2.64 bits per heavy atom. The number of nitro groups is 1. The van der Waals surface area contributed by atoms with E-state index in [9.17, 15) is 19.7 Å². The first-order chi connectivity index (χ1) is 17.3. The van der Waals surface area contributed by atoms with Gasteiger partial charge in [0, 0.05) is 52.2 Å². The maximum atomic E-state index is 13.6. The molecule has 0 fully saturated rings. The van der Waals surface area contributed by atoms with E-state index < -0.39 is 22.7 Å². The highest BCUT2D eigenvalue weighted by Gasteiger charge is 2.45. The number of Topliss-reactive ketones (excluding diaryl/α,β-unsaturated/α-hetero) is 1. The zero-order valence-electron chi connectivity index (χ0n) is 20.1. The van der Waals surface area contributed by atoms with Crippen molar-refractivity contribution >= 4 is 46.5 Å². The maximum Gasteiger partial charge on any atom is 0.315 e. The van der Waals surface area contributed by atoms with Crippen molar-refractivity contribution in [2.75, 3.05) is 18.1 Å². The fraction of sp³-hybridized carbons (Fsp3) is 0.370. The van der Waals surface area contributed by atoms with Gasteiger partial charge >= 0.3 is 5.97 Å². The Morgan fingerprint density at radius 1 is 1.19 bits per heavy atom. The zero-order chi connectivity index (χ0) is 25.8. The highest BCUT2D eigenvalue weighted by molar-refractivity contribution is 7.99. The summed E-state index contributed by atoms with van der Waals surface area (Å²) >= 11 is 7.70. The number of nitro benzene ring substituents is 1. The van der Waals surface area contributed by atoms with Crippen LogP contribution in [0.1, 0.15) is 49.7 Å². The first-order valence-electron chi connectivity index (χ1n) is 11.9. The molecular weight excluding hydrogens is 500 g/mol. The number of allylic oxidation sites excluding steroid dienone is 2. The third-order valence-corrected chi connectivity index (χ3v) is 7.72. The second-order valence-corrected chi connectivity index (χ2v) is 10.7. The molecule has 1 aliphatic carbocycles. The largest absolute Gasteiger partial charge is 0.464 e. The van der Waals surface area contributed by atoms with E-state index in [1.54, 1.807) is 43.0 Å². The van der Waals surface area contributed by atoms with Crippen molar-refractivity contribution in [2.24, 2.45) is 10.9 Å². The number of ether oxygens (including phenoxy) is 1. The van der Waals surface area contributed by atoms with E-state index >= 15 is 0 Å². The Morgan fingerprint density at radius 2 is 1.94 bits per heavy atom. The fourth-order valence-electron chi connectivity index (χ4n) is 4.96. The molecule has 2 aromatic carbocycles. The molecule has 9 heteroatoms. The normalized spacial score (nSPS) is 21.6. The molecule has 0 saturated carbocycles. The van der Waals surface area contributed by atoms with Gasteiger partial charge in [-0.1, -0.05) is 42.8 Å². The van der Waals surface area contributed by atoms with Gasteiger partial charge < -0.3 is 4.74 Å². The third-order valence-electron chi connectivity index (χ3n) is 6.60. The number of nitrogens with zero attached hydrogens (tertiary/aromatic N) is 2. The standard InChI is InChI=1S/C27H27ClN2O5S/c1-3-36-12-11-35-27(32)24-16(2)29-22-14-19(17-7-9-20(28)10-8-17)15-23(31)26(22)25(24)18-5-4-6-21(13-18)30(33)34/h4-10,13,19,24-25H,3,11-12,14-15H2,1-2H3. The quantitative estimate of drug-likeness (QED) is 0.178. The van der Waals surface area contributed by atoms with Crippen LogP contribution in [0.15, 0.2) is 64.8 Å². The molecule has 2 aromatic rings. The predicted molar refractivity (Wildman–Crippen MR) is 142 cm³/mol. The molecule has 0 spiro atoms. The molecule has 0 N–H and O–H groups in total. The topological polar surface area (TPSA) is 98.9 Å². The summed E-state index contributed by atoms with van der Waals surface area (Å²) in [5.74, 6) is -0.576. The van der Waals surface area contributed by atoms with Crippen LogP contribution in [0.5, 0.6) is 0 Å². The molecule has 0 amide bonds. The van der Waals surface area contributed by atoms with Gasteiger partial charge in [-0.3, -0.25) is 24.7 Å². The van der Waals surface area contributed by atoms with Crippen molar-refractivity contribution in [3.05, 3.63) is 86.1 Å². The number of ketones is 1. The lowest BCUT2D eigenvalue weighted by molar-refractivity contribution is -0.384. The van der Waals surface area contributed by atoms with Gasteiger partial charge in [-0.2, -0.15) is 11.8 Å². The lowest BCUT2D eigenvalue weighted by Gasteiger charge is -2.36. The molecule has 0 radical (unpaired) electrons. The van der Waals surface area contributed by atoms with Crippen LogP contribution >= 0.6 is 23.4 Å². The molecule has 36 heavy (non-hydrogen) atoms. The number of aliphatic imine (C=N–C) groups is 1. The maximum absolute atomic E-state index is 13.6. The minimum absolute atomic E-state index is 0.0644. The van der Waals surface area contributed by atoms with Crippen LogP contribution in [-0.2, 0) is 14.3 Å². The summed E-state index contributed by atoms with van der Waals surface area (Å²) in [4.78, 5) is 42.6. The molecule has 7 nitrogen and oxygen atoms in total. The molecular formula is C27H27ClN2O5S. The molecule has 0 saturated heterocycles. The molecule has 1 heterocycles. The summed E-state index contributed by atoms with van der Waals surface area (Å²) in [5, 5.41) is 12.1. The van der Waals surface area contributed by atoms with Crippen LogP contribution in [0.25, 0.3) is 0 Å². The number of halogens is 1. The lowest BCUT2D eigenvalue weighted by atomic mass is 9.69. The molecule has 188 valence electrons. The van der Waals surface area contributed by atoms with Crippen molar-refractivity contribution in [2.45, 2.75) is 38.5 Å². The van der Waals surface area contributed by atoms with Gasteiger partial charge in [-0.05, 0) is 48.3 Å². The molecule has 0 aromatic heterocycles. The number of thioether (sulfide) groups is 1. The molecule has 3 atom stereocenters. The Hall–Kier alpha value is -2.97. The van der Waals surface area contributed by atoms with Gasteiger partial charge in [0.2, 0.25) is 0 Å². The average Bonchev–Trinajstić information content (AvgIpc) is 2.86. The van der Waals surface area contributed by atoms with Gasteiger partial charge in [0.1, 0.15) is 12.5 Å². The van der Waals surface area contributed by atoms with Crippen molar-refractivity contribution in [1.82, 2.24) is 0 Å². The summed E-state index contributed by atoms with van der Waals surface area (Å²) in [6, 6.07) is 13.6. The Balaban J connectivity index is 1.74. The Labute approximate surface area is 219 Å². The van der Waals surface area contributed by atoms with Crippen molar-refractivity contribution in [3.63, 3.8) is 0 Å². The smallest absolute Gasteiger partial charge is 0.315 e. The molecule has 0 bridgehead atoms. The van der Waals surface area contributed by atoms with E-state index in [1.165, 1.54) is 12.1 Å². The van der Waals surface area contributed by atoms with Crippen molar-refractivity contribution in [3.8, 4) is 0 Å². The van der Waals surface area contributed by atoms with E-state index in [-0.39, 0.29) is 30.4 Å². The van der Waals surface area contributed by atoms with E-state index in [4.69, 9.17) is 21.3 Å². The third kappa shape index (κ3) is 5.55. The van der Waals surface area contributed by atoms with Crippen LogP contribution in [-0.4, -0.2) is 40.5 Å². The van der Waals surface area contributed by atoms with Gasteiger partial charge in [0.05, 0.1) is 4.92 Å². The van der Waals surface area contributed by atoms with Crippen molar-refractivity contribution < 1.29 is 19.2 Å². The average molecular weight is 527 g/mol. The van der Waals surface area contributed by atoms with E-state index in [0.29, 0.717) is 39.7 Å². The number of carbonyl (C=O) groups is 2. The van der Waals surface area contributed by atoms with E-state index in [1.807, 2.05) is 19.1 Å². The minimum atomic E-state index is -0.826. The summed E-state index contributed by atoms with van der Waals surface area (Å²) < 4.78 is 5.58. The summed E-state index contributed by atoms with van der Waals surface area (Å²) in [6.45, 7) is 4.04. The summed E-state index contributed by atoms with van der Waals surface area (Å²) in [5.41, 5.74) is 3.07. The number of carbonyl (C=O) groups excluding carboxylic acids is 2. The number of benzene rings is 2. The van der Waals surface area contributed by atoms with Crippen LogP contribution in [0.4, 0.5) is 5.69 Å². The minimum Gasteiger partial charge on any atom is -0.464 e. The van der Waals surface area contributed by atoms with Gasteiger partial charge in [0.25, 0.3) is 5.69 Å². The van der Waals surface area contributed by atoms with Crippen LogP contribution in [0.3, 0.4) is 0 Å².